The first-order valence-electron chi connectivity index (χ1n) is 21.9. The third-order valence-corrected chi connectivity index (χ3v) is 12.0. The van der Waals surface area contributed by atoms with Gasteiger partial charge in [0.15, 0.2) is 33.5 Å². The number of ether oxygens (including phenoxy) is 5. The number of H-pyrrole nitrogens is 1. The van der Waals surface area contributed by atoms with E-state index in [2.05, 4.69) is 19.9 Å². The maximum absolute atomic E-state index is 12.4. The number of aliphatic hydroxyl groups excluding tert-OH is 1. The van der Waals surface area contributed by atoms with E-state index in [4.69, 9.17) is 28.8 Å². The van der Waals surface area contributed by atoms with Gasteiger partial charge in [0.25, 0.3) is 16.7 Å². The molecule has 0 amide bonds. The van der Waals surface area contributed by atoms with Crippen molar-refractivity contribution < 1.29 is 28.8 Å². The van der Waals surface area contributed by atoms with Crippen molar-refractivity contribution in [2.45, 2.75) is 38.8 Å². The maximum atomic E-state index is 12.4. The monoisotopic (exact) mass is 926 g/mol. The summed E-state index contributed by atoms with van der Waals surface area (Å²) < 4.78 is 37.3. The van der Waals surface area contributed by atoms with Crippen LogP contribution in [0.2, 0.25) is 0 Å². The van der Waals surface area contributed by atoms with E-state index in [9.17, 15) is 28.8 Å². The van der Waals surface area contributed by atoms with Crippen LogP contribution in [-0.4, -0.2) is 135 Å². The number of aromatic nitrogens is 12. The van der Waals surface area contributed by atoms with Gasteiger partial charge in [0.05, 0.1) is 52.0 Å². The number of rotatable bonds is 7. The molecule has 24 heteroatoms. The number of imidazole rings is 3. The molecule has 0 aromatic carbocycles. The molecule has 6 aromatic heterocycles. The Morgan fingerprint density at radius 3 is 1.32 bits per heavy atom. The van der Waals surface area contributed by atoms with Gasteiger partial charge in [-0.15, -0.1) is 0 Å². The van der Waals surface area contributed by atoms with Gasteiger partial charge in [-0.2, -0.15) is 0 Å². The van der Waals surface area contributed by atoms with Gasteiger partial charge in [0.2, 0.25) is 0 Å². The summed E-state index contributed by atoms with van der Waals surface area (Å²) >= 11 is 0. The first kappa shape index (κ1) is 49.6. The predicted molar refractivity (Wildman–Crippen MR) is 242 cm³/mol. The average Bonchev–Trinajstić information content (AvgIpc) is 4.16. The Hall–Kier alpha value is -5.79. The summed E-state index contributed by atoms with van der Waals surface area (Å²) in [4.78, 5) is 86.1. The van der Waals surface area contributed by atoms with Gasteiger partial charge in [-0.1, -0.05) is 0 Å². The van der Waals surface area contributed by atoms with Crippen molar-refractivity contribution in [3.8, 4) is 0 Å². The minimum Gasteiger partial charge on any atom is -0.396 e. The summed E-state index contributed by atoms with van der Waals surface area (Å²) in [5.41, 5.74) is 0.545. The van der Waals surface area contributed by atoms with Crippen LogP contribution in [0.1, 0.15) is 25.7 Å². The fourth-order valence-electron chi connectivity index (χ4n) is 8.02. The molecular formula is C42H62N12O12. The summed E-state index contributed by atoms with van der Waals surface area (Å²) in [7, 11) is 11.8. The molecule has 362 valence electrons. The summed E-state index contributed by atoms with van der Waals surface area (Å²) in [6.45, 7) is 8.02. The molecule has 0 radical (unpaired) electrons. The zero-order valence-electron chi connectivity index (χ0n) is 38.7. The van der Waals surface area contributed by atoms with Crippen LogP contribution in [-0.2, 0) is 79.1 Å². The van der Waals surface area contributed by atoms with Crippen LogP contribution >= 0.6 is 0 Å². The predicted octanol–water partition coefficient (Wildman–Crippen LogP) is -1.41. The van der Waals surface area contributed by atoms with E-state index in [0.717, 1.165) is 52.3 Å². The van der Waals surface area contributed by atoms with Crippen molar-refractivity contribution in [1.82, 2.24) is 56.5 Å². The lowest BCUT2D eigenvalue weighted by atomic mass is 10.1. The molecule has 24 nitrogen and oxygen atoms in total. The van der Waals surface area contributed by atoms with Gasteiger partial charge in [-0.25, -0.2) is 29.3 Å². The number of aryl methyl sites for hydroxylation is 6. The Kier molecular flexibility index (Phi) is 17.0. The number of aliphatic hydroxyl groups is 1. The second-order valence-corrected chi connectivity index (χ2v) is 17.0. The minimum absolute atomic E-state index is 0.232. The fraction of sp³-hybridized carbons (Fsp3) is 0.643. The molecule has 0 spiro atoms. The topological polar surface area (TPSA) is 263 Å². The van der Waals surface area contributed by atoms with Crippen molar-refractivity contribution in [3.05, 3.63) is 81.5 Å². The van der Waals surface area contributed by atoms with Gasteiger partial charge in [-0.3, -0.25) is 42.2 Å². The number of hydrogen-bond acceptors (Lipinski definition) is 15. The number of nitrogens with zero attached hydrogens (tertiary/aromatic N) is 11. The summed E-state index contributed by atoms with van der Waals surface area (Å²) in [6, 6.07) is 0. The smallest absolute Gasteiger partial charge is 0.332 e. The third kappa shape index (κ3) is 11.2. The molecule has 66 heavy (non-hydrogen) atoms. The maximum Gasteiger partial charge on any atom is 0.332 e. The highest BCUT2D eigenvalue weighted by Crippen LogP contribution is 2.15. The van der Waals surface area contributed by atoms with Crippen molar-refractivity contribution >= 4 is 33.5 Å². The van der Waals surface area contributed by atoms with Crippen LogP contribution in [0.25, 0.3) is 33.5 Å². The molecule has 10 rings (SSSR count). The minimum atomic E-state index is -0.448. The first-order chi connectivity index (χ1) is 31.7. The van der Waals surface area contributed by atoms with Gasteiger partial charge < -0.3 is 42.5 Å². The van der Waals surface area contributed by atoms with Crippen LogP contribution in [0.5, 0.6) is 0 Å². The Morgan fingerprint density at radius 2 is 0.955 bits per heavy atom. The van der Waals surface area contributed by atoms with Crippen LogP contribution < -0.4 is 33.7 Å². The van der Waals surface area contributed by atoms with Crippen molar-refractivity contribution in [3.63, 3.8) is 0 Å². The molecule has 4 fully saturated rings. The molecular weight excluding hydrogens is 865 g/mol. The summed E-state index contributed by atoms with van der Waals surface area (Å²) in [5, 5.41) is 8.49. The van der Waals surface area contributed by atoms with Crippen LogP contribution in [0.15, 0.2) is 47.7 Å². The molecule has 0 saturated carbocycles. The van der Waals surface area contributed by atoms with Crippen molar-refractivity contribution in [1.29, 1.82) is 0 Å². The first-order valence-corrected chi connectivity index (χ1v) is 21.9. The van der Waals surface area contributed by atoms with E-state index in [-0.39, 0.29) is 34.3 Å². The van der Waals surface area contributed by atoms with Crippen LogP contribution in [0.3, 0.4) is 0 Å². The van der Waals surface area contributed by atoms with E-state index in [0.29, 0.717) is 91.5 Å². The normalized spacial score (nSPS) is 20.1. The molecule has 4 unspecified atom stereocenters. The van der Waals surface area contributed by atoms with Crippen LogP contribution in [0.4, 0.5) is 0 Å². The fourth-order valence-corrected chi connectivity index (χ4v) is 8.02. The van der Waals surface area contributed by atoms with Crippen molar-refractivity contribution in [2.75, 3.05) is 73.2 Å². The number of nitrogens with one attached hydrogen (secondary N) is 1. The lowest BCUT2D eigenvalue weighted by molar-refractivity contribution is 0.129. The lowest BCUT2D eigenvalue weighted by Gasteiger charge is -2.11. The Bertz CT molecular complexity index is 2800. The lowest BCUT2D eigenvalue weighted by Crippen LogP contribution is -2.41. The summed E-state index contributed by atoms with van der Waals surface area (Å²) in [5.74, 6) is 1.56. The molecule has 10 heterocycles. The van der Waals surface area contributed by atoms with Crippen LogP contribution in [0, 0.1) is 23.7 Å². The zero-order chi connectivity index (χ0) is 47.7. The number of methoxy groups -OCH3 is 1. The third-order valence-electron chi connectivity index (χ3n) is 12.0. The highest BCUT2D eigenvalue weighted by atomic mass is 16.5. The Labute approximate surface area is 377 Å². The molecule has 4 aliphatic rings. The molecule has 4 saturated heterocycles. The molecule has 4 aliphatic heterocycles. The second kappa shape index (κ2) is 22.6. The standard InChI is InChI=1S/2C12H16N4O3.C7H8N4O2.C6H12O2.C5H10O2/c2*1-14-7-13-10-9(14)11(17)16(12(18)15(10)2)5-8-3-4-19-6-8;1-10-3-8-5-4(10)6(12)9-7(13)11(5)2;1-7-4-6-2-3-8-5-6;6-3-5-1-2-7-4-5/h2*7-8H,3-6H2,1-2H3;3H,1-2H3,(H,9,12,13);6H,2-5H2,1H3;5-6H,1-4H2. The summed E-state index contributed by atoms with van der Waals surface area (Å²) in [6.07, 6.45) is 8.59. The van der Waals surface area contributed by atoms with E-state index >= 15 is 0 Å². The molecule has 0 bridgehead atoms. The molecule has 0 aliphatic carbocycles. The van der Waals surface area contributed by atoms with E-state index in [1.165, 1.54) is 35.6 Å². The van der Waals surface area contributed by atoms with E-state index in [1.807, 2.05) is 0 Å². The van der Waals surface area contributed by atoms with Crippen molar-refractivity contribution in [2.24, 2.45) is 66.0 Å². The Balaban J connectivity index is 0.000000143. The number of hydrogen-bond donors (Lipinski definition) is 2. The van der Waals surface area contributed by atoms with E-state index < -0.39 is 11.2 Å². The highest BCUT2D eigenvalue weighted by Gasteiger charge is 2.23. The largest absolute Gasteiger partial charge is 0.396 e. The van der Waals surface area contributed by atoms with Gasteiger partial charge >= 0.3 is 17.1 Å². The Morgan fingerprint density at radius 1 is 0.576 bits per heavy atom. The van der Waals surface area contributed by atoms with Gasteiger partial charge in [0.1, 0.15) is 0 Å². The second-order valence-electron chi connectivity index (χ2n) is 17.0. The average molecular weight is 927 g/mol. The molecule has 6 aromatic rings. The van der Waals surface area contributed by atoms with E-state index in [1.54, 1.807) is 75.8 Å². The highest BCUT2D eigenvalue weighted by molar-refractivity contribution is 5.71. The van der Waals surface area contributed by atoms with Gasteiger partial charge in [0, 0.05) is 119 Å². The van der Waals surface area contributed by atoms with Gasteiger partial charge in [-0.05, 0) is 25.7 Å². The SMILES string of the molecule is COCC1CCOC1.Cn1cnc2c1c(=O)[nH]c(=O)n2C.Cn1cnc2c1c(=O)n(CC1CCOC1)c(=O)n2C.Cn1cnc2c1c(=O)n(CC1CCOC1)c(=O)n2C.OCC1CCOC1. The zero-order valence-corrected chi connectivity index (χ0v) is 38.7. The number of fused-ring (bicyclic) bond motifs is 3. The quantitative estimate of drug-likeness (QED) is 0.186. The molecule has 4 atom stereocenters. The molecule has 2 N–H and O–H groups in total. The number of aromatic amines is 1.